The van der Waals surface area contributed by atoms with Gasteiger partial charge in [0.1, 0.15) is 5.58 Å². The van der Waals surface area contributed by atoms with Crippen LogP contribution in [0.4, 0.5) is 0 Å². The molecule has 0 aliphatic heterocycles. The molecule has 0 fully saturated rings. The minimum Gasteiger partial charge on any atom is -0.464 e. The summed E-state index contributed by atoms with van der Waals surface area (Å²) < 4.78 is 5.62. The minimum atomic E-state index is 0.0430. The van der Waals surface area contributed by atoms with Crippen molar-refractivity contribution in [3.63, 3.8) is 0 Å². The van der Waals surface area contributed by atoms with Gasteiger partial charge in [0.2, 0.25) is 5.91 Å². The van der Waals surface area contributed by atoms with E-state index >= 15 is 0 Å². The number of aryl methyl sites for hydroxylation is 3. The van der Waals surface area contributed by atoms with E-state index in [0.29, 0.717) is 6.42 Å². The Bertz CT molecular complexity index is 864. The number of furan rings is 1. The second-order valence-electron chi connectivity index (χ2n) is 6.86. The maximum atomic E-state index is 12.4. The van der Waals surface area contributed by atoms with Gasteiger partial charge in [-0.2, -0.15) is 0 Å². The Labute approximate surface area is 149 Å². The van der Waals surface area contributed by atoms with Crippen molar-refractivity contribution in [3.05, 3.63) is 71.0 Å². The SMILES string of the molecule is Cc1cc2occ(CC(=O)NC(C)CCc3ccccc3)c2cc1C. The molecule has 1 heterocycles. The van der Waals surface area contributed by atoms with Crippen molar-refractivity contribution in [1.29, 1.82) is 0 Å². The molecule has 0 aliphatic carbocycles. The van der Waals surface area contributed by atoms with Gasteiger partial charge in [-0.25, -0.2) is 0 Å². The van der Waals surface area contributed by atoms with Gasteiger partial charge in [0.05, 0.1) is 12.7 Å². The van der Waals surface area contributed by atoms with Crippen molar-refractivity contribution in [2.75, 3.05) is 0 Å². The van der Waals surface area contributed by atoms with Gasteiger partial charge >= 0.3 is 0 Å². The second kappa shape index (κ2) is 7.56. The van der Waals surface area contributed by atoms with Crippen LogP contribution in [0.5, 0.6) is 0 Å². The summed E-state index contributed by atoms with van der Waals surface area (Å²) in [5.41, 5.74) is 5.52. The molecule has 3 heteroatoms. The van der Waals surface area contributed by atoms with Gasteiger partial charge in [0.25, 0.3) is 0 Å². The number of carbonyl (C=O) groups excluding carboxylic acids is 1. The Morgan fingerprint density at radius 1 is 1.12 bits per heavy atom. The van der Waals surface area contributed by atoms with Crippen molar-refractivity contribution in [2.24, 2.45) is 0 Å². The first-order valence-electron chi connectivity index (χ1n) is 8.83. The van der Waals surface area contributed by atoms with Crippen LogP contribution in [0.3, 0.4) is 0 Å². The molecule has 1 amide bonds. The summed E-state index contributed by atoms with van der Waals surface area (Å²) in [5, 5.41) is 4.14. The molecule has 0 saturated carbocycles. The average molecular weight is 335 g/mol. The molecule has 3 nitrogen and oxygen atoms in total. The van der Waals surface area contributed by atoms with E-state index in [1.807, 2.05) is 24.3 Å². The van der Waals surface area contributed by atoms with E-state index in [9.17, 15) is 4.79 Å². The van der Waals surface area contributed by atoms with E-state index in [1.54, 1.807) is 6.26 Å². The first kappa shape index (κ1) is 17.3. The van der Waals surface area contributed by atoms with Crippen molar-refractivity contribution in [3.8, 4) is 0 Å². The summed E-state index contributed by atoms with van der Waals surface area (Å²) in [7, 11) is 0. The van der Waals surface area contributed by atoms with Crippen molar-refractivity contribution >= 4 is 16.9 Å². The Balaban J connectivity index is 1.58. The number of amides is 1. The molecule has 0 aliphatic rings. The van der Waals surface area contributed by atoms with Gasteiger partial charge in [0, 0.05) is 17.0 Å². The molecular weight excluding hydrogens is 310 g/mol. The summed E-state index contributed by atoms with van der Waals surface area (Å²) in [6.45, 7) is 6.21. The molecule has 3 rings (SSSR count). The highest BCUT2D eigenvalue weighted by atomic mass is 16.3. The number of hydrogen-bond donors (Lipinski definition) is 1. The zero-order valence-electron chi connectivity index (χ0n) is 15.1. The van der Waals surface area contributed by atoms with E-state index in [2.05, 4.69) is 44.3 Å². The highest BCUT2D eigenvalue weighted by Crippen LogP contribution is 2.25. The average Bonchev–Trinajstić information content (AvgIpc) is 2.96. The van der Waals surface area contributed by atoms with Crippen molar-refractivity contribution < 1.29 is 9.21 Å². The molecule has 0 bridgehead atoms. The monoisotopic (exact) mass is 335 g/mol. The molecule has 0 saturated heterocycles. The Kier molecular flexibility index (Phi) is 5.22. The highest BCUT2D eigenvalue weighted by Gasteiger charge is 2.13. The largest absolute Gasteiger partial charge is 0.464 e. The lowest BCUT2D eigenvalue weighted by atomic mass is 10.0. The third kappa shape index (κ3) is 4.30. The summed E-state index contributed by atoms with van der Waals surface area (Å²) in [5.74, 6) is 0.0430. The van der Waals surface area contributed by atoms with Crippen LogP contribution in [0.2, 0.25) is 0 Å². The zero-order chi connectivity index (χ0) is 17.8. The van der Waals surface area contributed by atoms with E-state index in [0.717, 1.165) is 29.4 Å². The van der Waals surface area contributed by atoms with Gasteiger partial charge in [0.15, 0.2) is 0 Å². The molecule has 0 radical (unpaired) electrons. The van der Waals surface area contributed by atoms with E-state index < -0.39 is 0 Å². The Morgan fingerprint density at radius 3 is 2.60 bits per heavy atom. The van der Waals surface area contributed by atoms with Crippen molar-refractivity contribution in [1.82, 2.24) is 5.32 Å². The fraction of sp³-hybridized carbons (Fsp3) is 0.318. The Morgan fingerprint density at radius 2 is 1.84 bits per heavy atom. The molecule has 3 aromatic rings. The first-order valence-corrected chi connectivity index (χ1v) is 8.83. The molecule has 1 unspecified atom stereocenters. The van der Waals surface area contributed by atoms with Crippen LogP contribution in [0.15, 0.2) is 53.1 Å². The molecule has 2 aromatic carbocycles. The zero-order valence-corrected chi connectivity index (χ0v) is 15.1. The van der Waals surface area contributed by atoms with Gasteiger partial charge in [-0.15, -0.1) is 0 Å². The summed E-state index contributed by atoms with van der Waals surface area (Å²) in [4.78, 5) is 12.4. The van der Waals surface area contributed by atoms with Crippen LogP contribution in [0, 0.1) is 13.8 Å². The van der Waals surface area contributed by atoms with E-state index in [1.165, 1.54) is 16.7 Å². The van der Waals surface area contributed by atoms with Crippen LogP contribution in [-0.4, -0.2) is 11.9 Å². The van der Waals surface area contributed by atoms with Gasteiger partial charge in [-0.1, -0.05) is 30.3 Å². The standard InChI is InChI=1S/C22H25NO2/c1-15-11-20-19(14-25-21(20)12-16(15)2)13-22(24)23-17(3)9-10-18-7-5-4-6-8-18/h4-8,11-12,14,17H,9-10,13H2,1-3H3,(H,23,24). The van der Waals surface area contributed by atoms with E-state index in [-0.39, 0.29) is 11.9 Å². The molecule has 25 heavy (non-hydrogen) atoms. The van der Waals surface area contributed by atoms with Crippen molar-refractivity contribution in [2.45, 2.75) is 46.1 Å². The first-order chi connectivity index (χ1) is 12.0. The maximum absolute atomic E-state index is 12.4. The lowest BCUT2D eigenvalue weighted by Gasteiger charge is -2.13. The predicted molar refractivity (Wildman–Crippen MR) is 102 cm³/mol. The lowest BCUT2D eigenvalue weighted by Crippen LogP contribution is -2.34. The van der Waals surface area contributed by atoms with Crippen LogP contribution >= 0.6 is 0 Å². The fourth-order valence-electron chi connectivity index (χ4n) is 3.07. The number of fused-ring (bicyclic) bond motifs is 1. The summed E-state index contributed by atoms with van der Waals surface area (Å²) in [6, 6.07) is 14.7. The molecule has 1 atom stereocenters. The number of benzene rings is 2. The number of nitrogens with one attached hydrogen (secondary N) is 1. The van der Waals surface area contributed by atoms with E-state index in [4.69, 9.17) is 4.42 Å². The highest BCUT2D eigenvalue weighted by molar-refractivity contribution is 5.88. The van der Waals surface area contributed by atoms with Crippen LogP contribution in [0.1, 0.15) is 35.6 Å². The molecular formula is C22H25NO2. The Hall–Kier alpha value is -2.55. The number of rotatable bonds is 6. The van der Waals surface area contributed by atoms with Crippen LogP contribution in [0.25, 0.3) is 11.0 Å². The normalized spacial score (nSPS) is 12.3. The second-order valence-corrected chi connectivity index (χ2v) is 6.86. The van der Waals surface area contributed by atoms with Crippen LogP contribution in [-0.2, 0) is 17.6 Å². The summed E-state index contributed by atoms with van der Waals surface area (Å²) in [6.07, 6.45) is 3.96. The lowest BCUT2D eigenvalue weighted by molar-refractivity contribution is -0.121. The fourth-order valence-corrected chi connectivity index (χ4v) is 3.07. The topological polar surface area (TPSA) is 42.2 Å². The number of carbonyl (C=O) groups is 1. The smallest absolute Gasteiger partial charge is 0.224 e. The maximum Gasteiger partial charge on any atom is 0.224 e. The number of hydrogen-bond acceptors (Lipinski definition) is 2. The predicted octanol–water partition coefficient (Wildman–Crippen LogP) is 4.73. The third-order valence-corrected chi connectivity index (χ3v) is 4.74. The summed E-state index contributed by atoms with van der Waals surface area (Å²) >= 11 is 0. The van der Waals surface area contributed by atoms with Gasteiger partial charge < -0.3 is 9.73 Å². The minimum absolute atomic E-state index is 0.0430. The van der Waals surface area contributed by atoms with Gasteiger partial charge in [-0.05, 0) is 62.4 Å². The molecule has 1 aromatic heterocycles. The molecule has 0 spiro atoms. The third-order valence-electron chi connectivity index (χ3n) is 4.74. The van der Waals surface area contributed by atoms with Crippen LogP contribution < -0.4 is 5.32 Å². The molecule has 130 valence electrons. The quantitative estimate of drug-likeness (QED) is 0.707. The molecule has 1 N–H and O–H groups in total. The van der Waals surface area contributed by atoms with Gasteiger partial charge in [-0.3, -0.25) is 4.79 Å².